The fraction of sp³-hybridized carbons (Fsp3) is 0.258. The van der Waals surface area contributed by atoms with Crippen molar-refractivity contribution in [2.45, 2.75) is 27.2 Å². The van der Waals surface area contributed by atoms with Crippen LogP contribution in [0.3, 0.4) is 0 Å². The highest BCUT2D eigenvalue weighted by molar-refractivity contribution is 6.34. The molecule has 0 aromatic heterocycles. The summed E-state index contributed by atoms with van der Waals surface area (Å²) in [6.45, 7) is 5.78. The number of hydrogen-bond acceptors (Lipinski definition) is 3. The van der Waals surface area contributed by atoms with E-state index in [-0.39, 0.29) is 17.6 Å². The number of anilines is 1. The highest BCUT2D eigenvalue weighted by Crippen LogP contribution is 2.74. The summed E-state index contributed by atoms with van der Waals surface area (Å²) in [4.78, 5) is 44.1. The number of para-hydroxylation sites is 1. The number of Topliss-reactive ketones (excluding diaryl/α,β-unsaturated/α-hetero) is 1. The van der Waals surface area contributed by atoms with Crippen LogP contribution in [0.1, 0.15) is 37.0 Å². The molecule has 0 N–H and O–H groups in total. The first-order chi connectivity index (χ1) is 16.9. The maximum atomic E-state index is 14.5. The van der Waals surface area contributed by atoms with Crippen molar-refractivity contribution in [3.05, 3.63) is 102 Å². The van der Waals surface area contributed by atoms with Crippen LogP contribution in [0.25, 0.3) is 11.1 Å². The third-order valence-corrected chi connectivity index (χ3v) is 8.59. The zero-order chi connectivity index (χ0) is 24.5. The van der Waals surface area contributed by atoms with Gasteiger partial charge in [-0.1, -0.05) is 85.8 Å². The van der Waals surface area contributed by atoms with Crippen LogP contribution in [-0.4, -0.2) is 17.6 Å². The number of amides is 2. The number of nitrogens with zero attached hydrogens (tertiary/aromatic N) is 1. The fourth-order valence-electron chi connectivity index (χ4n) is 7.18. The molecule has 4 heteroatoms. The Morgan fingerprint density at radius 1 is 0.714 bits per heavy atom. The number of ketones is 1. The Morgan fingerprint density at radius 3 is 1.80 bits per heavy atom. The second-order valence-electron chi connectivity index (χ2n) is 10.1. The van der Waals surface area contributed by atoms with E-state index in [1.807, 2.05) is 106 Å². The van der Waals surface area contributed by atoms with Gasteiger partial charge < -0.3 is 0 Å². The van der Waals surface area contributed by atoms with Gasteiger partial charge in [0, 0.05) is 0 Å². The van der Waals surface area contributed by atoms with Crippen molar-refractivity contribution >= 4 is 34.4 Å². The summed E-state index contributed by atoms with van der Waals surface area (Å²) in [6, 6.07) is 27.3. The van der Waals surface area contributed by atoms with E-state index in [1.54, 1.807) is 0 Å². The minimum Gasteiger partial charge on any atom is -0.298 e. The maximum absolute atomic E-state index is 14.5. The molecule has 1 aliphatic heterocycles. The molecule has 0 radical (unpaired) electrons. The van der Waals surface area contributed by atoms with Gasteiger partial charge in [0.25, 0.3) is 0 Å². The highest BCUT2D eigenvalue weighted by Gasteiger charge is 2.79. The Kier molecular flexibility index (Phi) is 4.56. The lowest BCUT2D eigenvalue weighted by atomic mass is 9.62. The third kappa shape index (κ3) is 2.49. The van der Waals surface area contributed by atoms with Gasteiger partial charge >= 0.3 is 0 Å². The van der Waals surface area contributed by atoms with E-state index in [1.165, 1.54) is 4.90 Å². The molecular weight excluding hydrogens is 434 g/mol. The maximum Gasteiger partial charge on any atom is 0.239 e. The van der Waals surface area contributed by atoms with Crippen LogP contribution in [0.15, 0.2) is 84.9 Å². The number of carbonyl (C=O) groups excluding carboxylic acids is 3. The third-order valence-electron chi connectivity index (χ3n) is 8.59. The molecule has 4 nitrogen and oxygen atoms in total. The van der Waals surface area contributed by atoms with Crippen LogP contribution < -0.4 is 4.90 Å². The summed E-state index contributed by atoms with van der Waals surface area (Å²) in [7, 11) is 0. The second kappa shape index (κ2) is 7.35. The minimum atomic E-state index is -1.09. The number of fused-ring (bicyclic) bond motifs is 5. The molecule has 6 rings (SSSR count). The topological polar surface area (TPSA) is 54.5 Å². The smallest absolute Gasteiger partial charge is 0.239 e. The van der Waals surface area contributed by atoms with Crippen molar-refractivity contribution in [3.63, 3.8) is 0 Å². The molecule has 1 saturated heterocycles. The van der Waals surface area contributed by atoms with Crippen molar-refractivity contribution in [3.8, 4) is 0 Å². The van der Waals surface area contributed by atoms with E-state index in [9.17, 15) is 14.4 Å². The predicted octanol–water partition coefficient (Wildman–Crippen LogP) is 5.71. The number of carbonyl (C=O) groups is 3. The summed E-state index contributed by atoms with van der Waals surface area (Å²) >= 11 is 0. The van der Waals surface area contributed by atoms with Crippen molar-refractivity contribution < 1.29 is 14.4 Å². The SMILES string of the molecule is CC[C@@]12C(=O)[C@@](C)(C(c3ccccc3)=C1c1ccccc1)[C@H]1C(=O)N(c3ccccc3C)C(=O)[C@H]12. The summed E-state index contributed by atoms with van der Waals surface area (Å²) in [6.07, 6.45) is 0.462. The number of hydrogen-bond donors (Lipinski definition) is 0. The summed E-state index contributed by atoms with van der Waals surface area (Å²) in [5.41, 5.74) is 3.03. The molecule has 174 valence electrons. The Hall–Kier alpha value is -3.79. The molecule has 0 unspecified atom stereocenters. The van der Waals surface area contributed by atoms with E-state index < -0.39 is 22.7 Å². The van der Waals surface area contributed by atoms with Gasteiger partial charge in [-0.25, -0.2) is 4.90 Å². The number of rotatable bonds is 4. The average Bonchev–Trinajstić information content (AvgIpc) is 3.35. The second-order valence-corrected chi connectivity index (χ2v) is 10.1. The van der Waals surface area contributed by atoms with Crippen LogP contribution in [0.4, 0.5) is 5.69 Å². The molecule has 1 saturated carbocycles. The molecule has 0 spiro atoms. The Labute approximate surface area is 205 Å². The van der Waals surface area contributed by atoms with E-state index >= 15 is 0 Å². The predicted molar refractivity (Wildman–Crippen MR) is 136 cm³/mol. The zero-order valence-electron chi connectivity index (χ0n) is 20.1. The molecule has 3 aromatic rings. The standard InChI is InChI=1S/C31H27NO3/c1-4-31-24(21-16-9-6-10-17-21)23(20-14-7-5-8-15-20)30(3,29(31)35)25-26(31)28(34)32(27(25)33)22-18-12-11-13-19(22)2/h5-18,25-26H,4H2,1-3H3/t25-,26+,30+,31-/m1/s1. The number of aryl methyl sites for hydroxylation is 1. The Balaban J connectivity index is 1.66. The van der Waals surface area contributed by atoms with Gasteiger partial charge in [0.05, 0.1) is 28.4 Å². The van der Waals surface area contributed by atoms with Gasteiger partial charge in [-0.3, -0.25) is 14.4 Å². The molecule has 3 aromatic carbocycles. The van der Waals surface area contributed by atoms with Crippen molar-refractivity contribution in [2.75, 3.05) is 4.90 Å². The van der Waals surface area contributed by atoms with Crippen molar-refractivity contribution in [2.24, 2.45) is 22.7 Å². The summed E-state index contributed by atoms with van der Waals surface area (Å²) < 4.78 is 0. The van der Waals surface area contributed by atoms with Crippen LogP contribution in [0.5, 0.6) is 0 Å². The molecule has 2 amide bonds. The monoisotopic (exact) mass is 461 g/mol. The molecule has 35 heavy (non-hydrogen) atoms. The molecule has 2 bridgehead atoms. The fourth-order valence-corrected chi connectivity index (χ4v) is 7.18. The first-order valence-corrected chi connectivity index (χ1v) is 12.2. The highest BCUT2D eigenvalue weighted by atomic mass is 16.2. The molecule has 2 fully saturated rings. The van der Waals surface area contributed by atoms with Gasteiger partial charge in [-0.15, -0.1) is 0 Å². The van der Waals surface area contributed by atoms with E-state index in [2.05, 4.69) is 0 Å². The largest absolute Gasteiger partial charge is 0.298 e. The van der Waals surface area contributed by atoms with E-state index in [0.717, 1.165) is 27.8 Å². The quantitative estimate of drug-likeness (QED) is 0.468. The Morgan fingerprint density at radius 2 is 1.23 bits per heavy atom. The number of imide groups is 1. The van der Waals surface area contributed by atoms with Crippen LogP contribution in [0.2, 0.25) is 0 Å². The lowest BCUT2D eigenvalue weighted by Crippen LogP contribution is -2.41. The molecule has 3 aliphatic rings. The minimum absolute atomic E-state index is 0.00587. The van der Waals surface area contributed by atoms with E-state index in [0.29, 0.717) is 12.1 Å². The van der Waals surface area contributed by atoms with Crippen LogP contribution in [0, 0.1) is 29.6 Å². The summed E-state index contributed by atoms with van der Waals surface area (Å²) in [5.74, 6) is -1.94. The van der Waals surface area contributed by atoms with Gasteiger partial charge in [0.2, 0.25) is 11.8 Å². The first-order valence-electron chi connectivity index (χ1n) is 12.2. The van der Waals surface area contributed by atoms with Crippen LogP contribution >= 0.6 is 0 Å². The lowest BCUT2D eigenvalue weighted by Gasteiger charge is -2.37. The molecular formula is C31H27NO3. The first kappa shape index (κ1) is 21.7. The van der Waals surface area contributed by atoms with Gasteiger partial charge in [0.15, 0.2) is 5.78 Å². The van der Waals surface area contributed by atoms with Crippen molar-refractivity contribution in [1.29, 1.82) is 0 Å². The van der Waals surface area contributed by atoms with Gasteiger partial charge in [-0.2, -0.15) is 0 Å². The zero-order valence-corrected chi connectivity index (χ0v) is 20.1. The normalized spacial score (nSPS) is 29.3. The van der Waals surface area contributed by atoms with Gasteiger partial charge in [0.1, 0.15) is 0 Å². The number of benzene rings is 3. The molecule has 1 heterocycles. The number of allylic oxidation sites excluding steroid dienone is 2. The average molecular weight is 462 g/mol. The van der Waals surface area contributed by atoms with Crippen LogP contribution in [-0.2, 0) is 14.4 Å². The lowest BCUT2D eigenvalue weighted by molar-refractivity contribution is -0.134. The summed E-state index contributed by atoms with van der Waals surface area (Å²) in [5, 5.41) is 0. The van der Waals surface area contributed by atoms with Crippen molar-refractivity contribution in [1.82, 2.24) is 0 Å². The molecule has 4 atom stereocenters. The van der Waals surface area contributed by atoms with E-state index in [4.69, 9.17) is 0 Å². The molecule has 2 aliphatic carbocycles. The van der Waals surface area contributed by atoms with Gasteiger partial charge in [-0.05, 0) is 54.2 Å². The Bertz CT molecular complexity index is 1420.